The lowest BCUT2D eigenvalue weighted by Gasteiger charge is -2.13. The Morgan fingerprint density at radius 2 is 1.59 bits per heavy atom. The number of hydrogen-bond donors (Lipinski definition) is 0. The smallest absolute Gasteiger partial charge is 0.137 e. The average molecular weight is 362 g/mol. The standard InChI is InChI=1S/C13H8Br2F2/c14-12(8-4-6-9(16)7-5-8)10-2-1-3-11(17)13(10)15/h1-7,12H. The van der Waals surface area contributed by atoms with E-state index in [0.717, 1.165) is 11.1 Å². The molecule has 0 saturated heterocycles. The maximum atomic E-state index is 13.4. The lowest BCUT2D eigenvalue weighted by molar-refractivity contribution is 0.618. The highest BCUT2D eigenvalue weighted by Gasteiger charge is 2.15. The van der Waals surface area contributed by atoms with E-state index in [9.17, 15) is 8.78 Å². The van der Waals surface area contributed by atoms with Gasteiger partial charge in [0, 0.05) is 0 Å². The third-order valence-corrected chi connectivity index (χ3v) is 4.28. The van der Waals surface area contributed by atoms with Crippen molar-refractivity contribution < 1.29 is 8.78 Å². The van der Waals surface area contributed by atoms with Crippen molar-refractivity contribution in [1.29, 1.82) is 0 Å². The normalized spacial score (nSPS) is 12.5. The fourth-order valence-electron chi connectivity index (χ4n) is 1.53. The Bertz CT molecular complexity index is 523. The van der Waals surface area contributed by atoms with Crippen LogP contribution in [0.5, 0.6) is 0 Å². The van der Waals surface area contributed by atoms with Crippen LogP contribution >= 0.6 is 31.9 Å². The Hall–Kier alpha value is -0.740. The SMILES string of the molecule is Fc1ccc(C(Br)c2cccc(F)c2Br)cc1. The molecule has 17 heavy (non-hydrogen) atoms. The molecule has 88 valence electrons. The van der Waals surface area contributed by atoms with Gasteiger partial charge in [0.25, 0.3) is 0 Å². The largest absolute Gasteiger partial charge is 0.207 e. The van der Waals surface area contributed by atoms with Crippen molar-refractivity contribution >= 4 is 31.9 Å². The number of hydrogen-bond acceptors (Lipinski definition) is 0. The molecule has 4 heteroatoms. The predicted octanol–water partition coefficient (Wildman–Crippen LogP) is 5.21. The molecular formula is C13H8Br2F2. The summed E-state index contributed by atoms with van der Waals surface area (Å²) in [4.78, 5) is -0.173. The molecule has 2 aromatic rings. The quantitative estimate of drug-likeness (QED) is 0.644. The predicted molar refractivity (Wildman–Crippen MR) is 71.3 cm³/mol. The molecule has 0 spiro atoms. The molecule has 0 radical (unpaired) electrons. The number of alkyl halides is 1. The first kappa shape index (κ1) is 12.7. The minimum absolute atomic E-state index is 0.173. The summed E-state index contributed by atoms with van der Waals surface area (Å²) in [6.45, 7) is 0. The van der Waals surface area contributed by atoms with Gasteiger partial charge in [-0.25, -0.2) is 8.78 Å². The van der Waals surface area contributed by atoms with Crippen molar-refractivity contribution in [3.8, 4) is 0 Å². The Labute approximate surface area is 115 Å². The van der Waals surface area contributed by atoms with E-state index >= 15 is 0 Å². The molecule has 0 fully saturated rings. The Balaban J connectivity index is 2.40. The second kappa shape index (κ2) is 5.27. The summed E-state index contributed by atoms with van der Waals surface area (Å²) < 4.78 is 26.6. The lowest BCUT2D eigenvalue weighted by atomic mass is 10.0. The maximum absolute atomic E-state index is 13.4. The van der Waals surface area contributed by atoms with Gasteiger partial charge in [0.05, 0.1) is 9.30 Å². The van der Waals surface area contributed by atoms with E-state index in [1.54, 1.807) is 18.2 Å². The van der Waals surface area contributed by atoms with Crippen molar-refractivity contribution in [1.82, 2.24) is 0 Å². The van der Waals surface area contributed by atoms with E-state index in [1.165, 1.54) is 18.2 Å². The van der Waals surface area contributed by atoms with Crippen molar-refractivity contribution in [3.05, 3.63) is 69.7 Å². The second-order valence-corrected chi connectivity index (χ2v) is 5.27. The Morgan fingerprint density at radius 3 is 2.24 bits per heavy atom. The first-order chi connectivity index (χ1) is 8.09. The molecule has 0 aliphatic rings. The van der Waals surface area contributed by atoms with Gasteiger partial charge in [-0.3, -0.25) is 0 Å². The summed E-state index contributed by atoms with van der Waals surface area (Å²) in [5.41, 5.74) is 1.65. The first-order valence-electron chi connectivity index (χ1n) is 4.93. The summed E-state index contributed by atoms with van der Waals surface area (Å²) in [5, 5.41) is 0. The highest BCUT2D eigenvalue weighted by molar-refractivity contribution is 9.11. The van der Waals surface area contributed by atoms with Crippen molar-refractivity contribution in [2.45, 2.75) is 4.83 Å². The van der Waals surface area contributed by atoms with Gasteiger partial charge in [-0.2, -0.15) is 0 Å². The van der Waals surface area contributed by atoms with Crippen LogP contribution in [0.1, 0.15) is 16.0 Å². The van der Waals surface area contributed by atoms with Crippen molar-refractivity contribution in [2.75, 3.05) is 0 Å². The molecule has 2 aromatic carbocycles. The van der Waals surface area contributed by atoms with Crippen molar-refractivity contribution in [3.63, 3.8) is 0 Å². The van der Waals surface area contributed by atoms with Crippen LogP contribution in [0.4, 0.5) is 8.78 Å². The minimum atomic E-state index is -0.311. The van der Waals surface area contributed by atoms with E-state index < -0.39 is 0 Å². The van der Waals surface area contributed by atoms with E-state index in [-0.39, 0.29) is 16.5 Å². The molecule has 1 unspecified atom stereocenters. The van der Waals surface area contributed by atoms with Crippen LogP contribution in [-0.4, -0.2) is 0 Å². The topological polar surface area (TPSA) is 0 Å². The zero-order valence-electron chi connectivity index (χ0n) is 8.63. The van der Waals surface area contributed by atoms with Crippen LogP contribution in [0.3, 0.4) is 0 Å². The summed E-state index contributed by atoms with van der Waals surface area (Å²) in [7, 11) is 0. The molecule has 0 nitrogen and oxygen atoms in total. The monoisotopic (exact) mass is 360 g/mol. The van der Waals surface area contributed by atoms with Crippen LogP contribution in [0.15, 0.2) is 46.9 Å². The van der Waals surface area contributed by atoms with E-state index in [1.807, 2.05) is 6.07 Å². The highest BCUT2D eigenvalue weighted by atomic mass is 79.9. The average Bonchev–Trinajstić information content (AvgIpc) is 2.33. The van der Waals surface area contributed by atoms with Gasteiger partial charge in [-0.1, -0.05) is 40.2 Å². The number of benzene rings is 2. The minimum Gasteiger partial charge on any atom is -0.207 e. The van der Waals surface area contributed by atoms with Gasteiger partial charge in [-0.15, -0.1) is 0 Å². The van der Waals surface area contributed by atoms with Crippen molar-refractivity contribution in [2.24, 2.45) is 0 Å². The fourth-order valence-corrected chi connectivity index (χ4v) is 3.01. The van der Waals surface area contributed by atoms with Gasteiger partial charge in [0.15, 0.2) is 0 Å². The van der Waals surface area contributed by atoms with Gasteiger partial charge >= 0.3 is 0 Å². The van der Waals surface area contributed by atoms with Gasteiger partial charge in [0.1, 0.15) is 11.6 Å². The van der Waals surface area contributed by atoms with Crippen LogP contribution in [0.2, 0.25) is 0 Å². The fraction of sp³-hybridized carbons (Fsp3) is 0.0769. The third-order valence-electron chi connectivity index (χ3n) is 2.42. The molecule has 1 atom stereocenters. The molecular weight excluding hydrogens is 354 g/mol. The zero-order chi connectivity index (χ0) is 12.4. The Kier molecular flexibility index (Phi) is 3.94. The lowest BCUT2D eigenvalue weighted by Crippen LogP contribution is -1.95. The van der Waals surface area contributed by atoms with Gasteiger partial charge in [0.2, 0.25) is 0 Å². The number of halogens is 4. The summed E-state index contributed by atoms with van der Waals surface area (Å²) in [6.07, 6.45) is 0. The molecule has 0 aliphatic carbocycles. The summed E-state index contributed by atoms with van der Waals surface area (Å²) >= 11 is 6.70. The second-order valence-electron chi connectivity index (χ2n) is 3.56. The summed E-state index contributed by atoms with van der Waals surface area (Å²) in [6, 6.07) is 11.0. The van der Waals surface area contributed by atoms with E-state index in [0.29, 0.717) is 4.47 Å². The number of rotatable bonds is 2. The van der Waals surface area contributed by atoms with Crippen LogP contribution in [0.25, 0.3) is 0 Å². The third kappa shape index (κ3) is 2.75. The molecule has 0 heterocycles. The molecule has 0 bridgehead atoms. The zero-order valence-corrected chi connectivity index (χ0v) is 11.8. The van der Waals surface area contributed by atoms with Crippen LogP contribution < -0.4 is 0 Å². The molecule has 0 N–H and O–H groups in total. The molecule has 2 rings (SSSR count). The molecule has 0 saturated carbocycles. The van der Waals surface area contributed by atoms with Crippen LogP contribution in [0, 0.1) is 11.6 Å². The summed E-state index contributed by atoms with van der Waals surface area (Å²) in [5.74, 6) is -0.596. The van der Waals surface area contributed by atoms with E-state index in [2.05, 4.69) is 31.9 Å². The molecule has 0 aromatic heterocycles. The first-order valence-corrected chi connectivity index (χ1v) is 6.64. The maximum Gasteiger partial charge on any atom is 0.137 e. The highest BCUT2D eigenvalue weighted by Crippen LogP contribution is 2.36. The molecule has 0 aliphatic heterocycles. The molecule has 0 amide bonds. The van der Waals surface area contributed by atoms with Crippen LogP contribution in [-0.2, 0) is 0 Å². The van der Waals surface area contributed by atoms with E-state index in [4.69, 9.17) is 0 Å². The van der Waals surface area contributed by atoms with Gasteiger partial charge < -0.3 is 0 Å². The van der Waals surface area contributed by atoms with Gasteiger partial charge in [-0.05, 0) is 45.3 Å². The Morgan fingerprint density at radius 1 is 0.941 bits per heavy atom.